The molecule has 2 saturated heterocycles. The Hall–Kier alpha value is -0.200. The van der Waals surface area contributed by atoms with Gasteiger partial charge in [0.15, 0.2) is 5.79 Å². The summed E-state index contributed by atoms with van der Waals surface area (Å²) in [6.07, 6.45) is 3.41. The molecule has 5 nitrogen and oxygen atoms in total. The van der Waals surface area contributed by atoms with Crippen LogP contribution in [0.2, 0.25) is 0 Å². The van der Waals surface area contributed by atoms with Crippen LogP contribution in [0.5, 0.6) is 0 Å². The van der Waals surface area contributed by atoms with Crippen molar-refractivity contribution in [3.05, 3.63) is 0 Å². The Balaban J connectivity index is 1.58. The van der Waals surface area contributed by atoms with Crippen molar-refractivity contribution in [2.24, 2.45) is 5.92 Å². The first-order chi connectivity index (χ1) is 9.58. The smallest absolute Gasteiger partial charge is 0.170 e. The van der Waals surface area contributed by atoms with Crippen LogP contribution in [0.4, 0.5) is 0 Å². The average Bonchev–Trinajstić information content (AvgIpc) is 3.03. The van der Waals surface area contributed by atoms with Gasteiger partial charge in [-0.3, -0.25) is 0 Å². The van der Waals surface area contributed by atoms with Gasteiger partial charge in [-0.1, -0.05) is 0 Å². The highest BCUT2D eigenvalue weighted by Crippen LogP contribution is 2.37. The lowest BCUT2D eigenvalue weighted by atomic mass is 9.86. The largest absolute Gasteiger partial charge is 0.391 e. The Labute approximate surface area is 121 Å². The number of nitrogens with zero attached hydrogens (tertiary/aromatic N) is 2. The molecule has 2 aliphatic heterocycles. The molecule has 3 atom stereocenters. The highest BCUT2D eigenvalue weighted by atomic mass is 16.7. The monoisotopic (exact) mass is 284 g/mol. The molecule has 0 bridgehead atoms. The lowest BCUT2D eigenvalue weighted by Gasteiger charge is -2.43. The molecule has 2 heterocycles. The Bertz CT molecular complexity index is 333. The Kier molecular flexibility index (Phi) is 4.34. The zero-order valence-corrected chi connectivity index (χ0v) is 12.8. The highest BCUT2D eigenvalue weighted by Gasteiger charge is 2.46. The average molecular weight is 284 g/mol. The topological polar surface area (TPSA) is 45.2 Å². The molecule has 3 fully saturated rings. The molecule has 1 N–H and O–H groups in total. The van der Waals surface area contributed by atoms with Crippen molar-refractivity contribution in [1.82, 2.24) is 9.80 Å². The second kappa shape index (κ2) is 5.89. The first-order valence-corrected chi connectivity index (χ1v) is 7.93. The molecule has 0 amide bonds. The van der Waals surface area contributed by atoms with Crippen LogP contribution in [-0.2, 0) is 9.47 Å². The first kappa shape index (κ1) is 14.7. The van der Waals surface area contributed by atoms with Gasteiger partial charge < -0.3 is 24.4 Å². The molecule has 0 aromatic rings. The van der Waals surface area contributed by atoms with Crippen LogP contribution in [0.15, 0.2) is 0 Å². The molecule has 1 spiro atoms. The summed E-state index contributed by atoms with van der Waals surface area (Å²) in [6.45, 7) is 4.81. The summed E-state index contributed by atoms with van der Waals surface area (Å²) in [5.74, 6) is 0.311. The standard InChI is InChI=1S/C15H28N2O3/c1-16-6-4-12(10-16)11-17(2)13-9-15(5-3-14(13)18)19-7-8-20-15/h12-14,18H,3-11H2,1-2H3. The van der Waals surface area contributed by atoms with Crippen LogP contribution in [0.1, 0.15) is 25.7 Å². The fourth-order valence-electron chi connectivity index (χ4n) is 4.04. The molecule has 0 aromatic carbocycles. The maximum absolute atomic E-state index is 10.3. The Morgan fingerprint density at radius 1 is 1.30 bits per heavy atom. The van der Waals surface area contributed by atoms with E-state index in [1.807, 2.05) is 0 Å². The number of likely N-dealkylation sites (tertiary alicyclic amines) is 1. The van der Waals surface area contributed by atoms with Crippen LogP contribution >= 0.6 is 0 Å². The van der Waals surface area contributed by atoms with Crippen molar-refractivity contribution in [3.8, 4) is 0 Å². The number of hydrogen-bond acceptors (Lipinski definition) is 5. The van der Waals surface area contributed by atoms with E-state index in [1.165, 1.54) is 19.5 Å². The third-order valence-corrected chi connectivity index (χ3v) is 5.20. The summed E-state index contributed by atoms with van der Waals surface area (Å²) in [4.78, 5) is 4.72. The van der Waals surface area contributed by atoms with E-state index in [2.05, 4.69) is 23.9 Å². The number of aliphatic hydroxyl groups excluding tert-OH is 1. The molecule has 116 valence electrons. The van der Waals surface area contributed by atoms with E-state index in [9.17, 15) is 5.11 Å². The Morgan fingerprint density at radius 2 is 2.05 bits per heavy atom. The van der Waals surface area contributed by atoms with Gasteiger partial charge in [0, 0.05) is 32.0 Å². The fraction of sp³-hybridized carbons (Fsp3) is 1.00. The van der Waals surface area contributed by atoms with Crippen molar-refractivity contribution >= 4 is 0 Å². The quantitative estimate of drug-likeness (QED) is 0.819. The van der Waals surface area contributed by atoms with E-state index < -0.39 is 5.79 Å². The van der Waals surface area contributed by atoms with Gasteiger partial charge in [-0.15, -0.1) is 0 Å². The third-order valence-electron chi connectivity index (χ3n) is 5.20. The normalized spacial score (nSPS) is 38.1. The van der Waals surface area contributed by atoms with E-state index in [0.29, 0.717) is 13.2 Å². The van der Waals surface area contributed by atoms with Crippen LogP contribution in [-0.4, -0.2) is 79.8 Å². The lowest BCUT2D eigenvalue weighted by molar-refractivity contribution is -0.204. The molecule has 5 heteroatoms. The molecule has 3 unspecified atom stereocenters. The van der Waals surface area contributed by atoms with Crippen molar-refractivity contribution in [3.63, 3.8) is 0 Å². The minimum absolute atomic E-state index is 0.160. The molecule has 3 rings (SSSR count). The molecular weight excluding hydrogens is 256 g/mol. The van der Waals surface area contributed by atoms with E-state index in [-0.39, 0.29) is 12.1 Å². The van der Waals surface area contributed by atoms with E-state index in [0.717, 1.165) is 31.7 Å². The van der Waals surface area contributed by atoms with Gasteiger partial charge in [-0.05, 0) is 39.4 Å². The zero-order chi connectivity index (χ0) is 14.2. The van der Waals surface area contributed by atoms with Crippen LogP contribution in [0.25, 0.3) is 0 Å². The summed E-state index contributed by atoms with van der Waals surface area (Å²) >= 11 is 0. The van der Waals surface area contributed by atoms with Crippen molar-refractivity contribution in [2.75, 3.05) is 46.9 Å². The molecule has 3 aliphatic rings. The molecule has 1 aliphatic carbocycles. The molecule has 20 heavy (non-hydrogen) atoms. The van der Waals surface area contributed by atoms with E-state index in [4.69, 9.17) is 9.47 Å². The van der Waals surface area contributed by atoms with E-state index >= 15 is 0 Å². The Morgan fingerprint density at radius 3 is 2.70 bits per heavy atom. The van der Waals surface area contributed by atoms with Crippen molar-refractivity contribution < 1.29 is 14.6 Å². The maximum atomic E-state index is 10.3. The van der Waals surface area contributed by atoms with E-state index in [1.54, 1.807) is 0 Å². The predicted molar refractivity (Wildman–Crippen MR) is 76.5 cm³/mol. The van der Waals surface area contributed by atoms with Crippen molar-refractivity contribution in [1.29, 1.82) is 0 Å². The summed E-state index contributed by atoms with van der Waals surface area (Å²) in [7, 11) is 4.32. The number of ether oxygens (including phenoxy) is 2. The van der Waals surface area contributed by atoms with Gasteiger partial charge in [0.25, 0.3) is 0 Å². The highest BCUT2D eigenvalue weighted by molar-refractivity contribution is 4.93. The van der Waals surface area contributed by atoms with Gasteiger partial charge in [0.1, 0.15) is 0 Å². The molecular formula is C15H28N2O3. The minimum atomic E-state index is -0.412. The van der Waals surface area contributed by atoms with Gasteiger partial charge in [-0.25, -0.2) is 0 Å². The van der Waals surface area contributed by atoms with Crippen LogP contribution in [0, 0.1) is 5.92 Å². The second-order valence-corrected chi connectivity index (χ2v) is 6.84. The van der Waals surface area contributed by atoms with Crippen LogP contribution in [0.3, 0.4) is 0 Å². The van der Waals surface area contributed by atoms with Gasteiger partial charge in [0.05, 0.1) is 19.3 Å². The number of hydrogen-bond donors (Lipinski definition) is 1. The number of aliphatic hydroxyl groups is 1. The van der Waals surface area contributed by atoms with Gasteiger partial charge in [-0.2, -0.15) is 0 Å². The number of rotatable bonds is 3. The molecule has 0 aromatic heterocycles. The number of likely N-dealkylation sites (N-methyl/N-ethyl adjacent to an activating group) is 1. The third kappa shape index (κ3) is 3.02. The SMILES string of the molecule is CN1CCC(CN(C)C2CC3(CCC2O)OCCO3)C1. The van der Waals surface area contributed by atoms with Gasteiger partial charge in [0.2, 0.25) is 0 Å². The van der Waals surface area contributed by atoms with Gasteiger partial charge >= 0.3 is 0 Å². The van der Waals surface area contributed by atoms with Crippen molar-refractivity contribution in [2.45, 2.75) is 43.6 Å². The fourth-order valence-corrected chi connectivity index (χ4v) is 4.04. The zero-order valence-electron chi connectivity index (χ0n) is 12.8. The van der Waals surface area contributed by atoms with Crippen LogP contribution < -0.4 is 0 Å². The minimum Gasteiger partial charge on any atom is -0.391 e. The second-order valence-electron chi connectivity index (χ2n) is 6.84. The summed E-state index contributed by atoms with van der Waals surface area (Å²) in [6, 6.07) is 0.160. The summed E-state index contributed by atoms with van der Waals surface area (Å²) in [5, 5.41) is 10.3. The molecule has 1 saturated carbocycles. The lowest BCUT2D eigenvalue weighted by Crippen LogP contribution is -2.53. The maximum Gasteiger partial charge on any atom is 0.170 e. The predicted octanol–water partition coefficient (Wildman–Crippen LogP) is 0.526. The summed E-state index contributed by atoms with van der Waals surface area (Å²) < 4.78 is 11.7. The first-order valence-electron chi connectivity index (χ1n) is 7.93. The summed E-state index contributed by atoms with van der Waals surface area (Å²) in [5.41, 5.74) is 0. The molecule has 0 radical (unpaired) electrons.